The quantitative estimate of drug-likeness (QED) is 0.614. The number of hydrogen-bond donors (Lipinski definition) is 2. The molecule has 0 bridgehead atoms. The van der Waals surface area contributed by atoms with E-state index in [-0.39, 0.29) is 5.56 Å². The van der Waals surface area contributed by atoms with E-state index < -0.39 is 24.0 Å². The van der Waals surface area contributed by atoms with E-state index in [0.717, 1.165) is 5.32 Å². The summed E-state index contributed by atoms with van der Waals surface area (Å²) in [6, 6.07) is 7.29. The Morgan fingerprint density at radius 1 is 1.18 bits per heavy atom. The number of hydrogen-bond acceptors (Lipinski definition) is 2. The van der Waals surface area contributed by atoms with Gasteiger partial charge in [0.05, 0.1) is 0 Å². The molecule has 2 amide bonds. The Kier molecular flexibility index (Phi) is 3.72. The van der Waals surface area contributed by atoms with E-state index >= 15 is 0 Å². The molecule has 0 aliphatic carbocycles. The highest BCUT2D eigenvalue weighted by atomic mass is 19.4. The van der Waals surface area contributed by atoms with Crippen molar-refractivity contribution in [2.75, 3.05) is 0 Å². The molecule has 0 aliphatic heterocycles. The Balaban J connectivity index is 2.96. The highest BCUT2D eigenvalue weighted by molar-refractivity contribution is 6.05. The van der Waals surface area contributed by atoms with Gasteiger partial charge in [-0.2, -0.15) is 13.2 Å². The van der Waals surface area contributed by atoms with Crippen LogP contribution in [0.25, 0.3) is 0 Å². The third kappa shape index (κ3) is 3.78. The molecular formula is C10H9F3N2O2. The molecule has 1 aromatic rings. The molecule has 0 aliphatic rings. The van der Waals surface area contributed by atoms with Crippen molar-refractivity contribution in [2.45, 2.75) is 12.2 Å². The monoisotopic (exact) mass is 246 g/mol. The van der Waals surface area contributed by atoms with Crippen molar-refractivity contribution in [3.05, 3.63) is 35.9 Å². The zero-order chi connectivity index (χ0) is 13.1. The van der Waals surface area contributed by atoms with Crippen LogP contribution >= 0.6 is 0 Å². The number of rotatable bonds is 3. The zero-order valence-corrected chi connectivity index (χ0v) is 8.49. The van der Waals surface area contributed by atoms with Crippen molar-refractivity contribution in [3.8, 4) is 0 Å². The fourth-order valence-electron chi connectivity index (χ4n) is 1.30. The number of amides is 2. The number of halogens is 3. The predicted octanol–water partition coefficient (Wildman–Crippen LogP) is 0.892. The first-order valence-corrected chi connectivity index (χ1v) is 4.54. The topological polar surface area (TPSA) is 72.2 Å². The van der Waals surface area contributed by atoms with Crippen molar-refractivity contribution in [3.63, 3.8) is 0 Å². The van der Waals surface area contributed by atoms with Crippen LogP contribution in [0.15, 0.2) is 30.3 Å². The fourth-order valence-corrected chi connectivity index (χ4v) is 1.30. The van der Waals surface area contributed by atoms with Crippen LogP contribution in [0, 0.1) is 0 Å². The number of nitrogens with one attached hydrogen (secondary N) is 1. The van der Waals surface area contributed by atoms with Gasteiger partial charge in [-0.15, -0.1) is 0 Å². The molecule has 1 aromatic carbocycles. The number of primary amides is 1. The lowest BCUT2D eigenvalue weighted by Gasteiger charge is -2.15. The molecule has 92 valence electrons. The van der Waals surface area contributed by atoms with Gasteiger partial charge in [-0.25, -0.2) is 0 Å². The van der Waals surface area contributed by atoms with Gasteiger partial charge in [0.15, 0.2) is 0 Å². The molecule has 0 saturated carbocycles. The molecule has 0 aromatic heterocycles. The molecule has 1 rings (SSSR count). The molecule has 17 heavy (non-hydrogen) atoms. The Morgan fingerprint density at radius 2 is 1.71 bits per heavy atom. The number of benzene rings is 1. The molecule has 4 nitrogen and oxygen atoms in total. The van der Waals surface area contributed by atoms with Gasteiger partial charge in [0.1, 0.15) is 5.92 Å². The molecule has 0 radical (unpaired) electrons. The second-order valence-electron chi connectivity index (χ2n) is 3.23. The number of carbonyl (C=O) groups is 2. The maximum Gasteiger partial charge on any atom is 0.484 e. The fraction of sp³-hybridized carbons (Fsp3) is 0.200. The maximum atomic E-state index is 12.0. The van der Waals surface area contributed by atoms with Crippen molar-refractivity contribution >= 4 is 11.8 Å². The summed E-state index contributed by atoms with van der Waals surface area (Å²) in [4.78, 5) is 22.3. The van der Waals surface area contributed by atoms with E-state index in [1.54, 1.807) is 6.07 Å². The van der Waals surface area contributed by atoms with Gasteiger partial charge < -0.3 is 5.73 Å². The van der Waals surface area contributed by atoms with Crippen LogP contribution in [0.2, 0.25) is 0 Å². The van der Waals surface area contributed by atoms with Gasteiger partial charge in [-0.05, 0) is 5.56 Å². The van der Waals surface area contributed by atoms with Gasteiger partial charge in [0.25, 0.3) is 0 Å². The van der Waals surface area contributed by atoms with Crippen LogP contribution < -0.4 is 11.1 Å². The molecule has 0 saturated heterocycles. The third-order valence-electron chi connectivity index (χ3n) is 1.94. The maximum absolute atomic E-state index is 12.0. The van der Waals surface area contributed by atoms with Crippen LogP contribution in [0.5, 0.6) is 0 Å². The van der Waals surface area contributed by atoms with Crippen LogP contribution in [0.4, 0.5) is 13.2 Å². The minimum Gasteiger partial charge on any atom is -0.369 e. The molecule has 0 heterocycles. The second kappa shape index (κ2) is 4.86. The summed E-state index contributed by atoms with van der Waals surface area (Å²) in [5, 5.41) is 0.759. The predicted molar refractivity (Wildman–Crippen MR) is 52.6 cm³/mol. The van der Waals surface area contributed by atoms with Gasteiger partial charge in [0, 0.05) is 0 Å². The van der Waals surface area contributed by atoms with Crippen LogP contribution in [-0.2, 0) is 9.59 Å². The van der Waals surface area contributed by atoms with E-state index in [0.29, 0.717) is 0 Å². The third-order valence-corrected chi connectivity index (χ3v) is 1.94. The highest BCUT2D eigenvalue weighted by Crippen LogP contribution is 2.18. The molecule has 0 spiro atoms. The van der Waals surface area contributed by atoms with Gasteiger partial charge in [0.2, 0.25) is 11.8 Å². The molecule has 1 atom stereocenters. The Morgan fingerprint density at radius 3 is 2.12 bits per heavy atom. The summed E-state index contributed by atoms with van der Waals surface area (Å²) in [5.74, 6) is -4.29. The van der Waals surface area contributed by atoms with E-state index in [1.807, 2.05) is 0 Å². The Labute approximate surface area is 94.6 Å². The summed E-state index contributed by atoms with van der Waals surface area (Å²) in [6.07, 6.45) is -4.89. The van der Waals surface area contributed by atoms with E-state index in [2.05, 4.69) is 0 Å². The van der Waals surface area contributed by atoms with Gasteiger partial charge >= 0.3 is 6.30 Å². The summed E-state index contributed by atoms with van der Waals surface area (Å²) in [7, 11) is 0. The van der Waals surface area contributed by atoms with Gasteiger partial charge in [-0.3, -0.25) is 14.9 Å². The lowest BCUT2D eigenvalue weighted by atomic mass is 9.98. The normalized spacial score (nSPS) is 12.9. The Bertz CT molecular complexity index is 417. The SMILES string of the molecule is NC(=O)C(C(=O)NC(F)(F)F)c1ccccc1. The van der Waals surface area contributed by atoms with Crippen LogP contribution in [0.3, 0.4) is 0 Å². The van der Waals surface area contributed by atoms with Crippen molar-refractivity contribution in [1.29, 1.82) is 0 Å². The first kappa shape index (κ1) is 13.0. The van der Waals surface area contributed by atoms with E-state index in [9.17, 15) is 22.8 Å². The summed E-state index contributed by atoms with van der Waals surface area (Å²) in [6.45, 7) is 0. The molecule has 7 heteroatoms. The van der Waals surface area contributed by atoms with Crippen molar-refractivity contribution in [2.24, 2.45) is 5.73 Å². The lowest BCUT2D eigenvalue weighted by molar-refractivity contribution is -0.170. The second-order valence-corrected chi connectivity index (χ2v) is 3.23. The molecule has 1 unspecified atom stereocenters. The first-order valence-electron chi connectivity index (χ1n) is 4.54. The summed E-state index contributed by atoms with van der Waals surface area (Å²) < 4.78 is 35.9. The number of alkyl halides is 3. The average molecular weight is 246 g/mol. The van der Waals surface area contributed by atoms with Crippen LogP contribution in [-0.4, -0.2) is 18.1 Å². The van der Waals surface area contributed by atoms with Crippen molar-refractivity contribution < 1.29 is 22.8 Å². The average Bonchev–Trinajstić information content (AvgIpc) is 2.15. The minimum atomic E-state index is -4.89. The van der Waals surface area contributed by atoms with E-state index in [4.69, 9.17) is 5.73 Å². The number of carbonyl (C=O) groups excluding carboxylic acids is 2. The first-order chi connectivity index (χ1) is 7.81. The zero-order valence-electron chi connectivity index (χ0n) is 8.49. The van der Waals surface area contributed by atoms with Crippen LogP contribution in [0.1, 0.15) is 11.5 Å². The number of nitrogens with two attached hydrogens (primary N) is 1. The molecular weight excluding hydrogens is 237 g/mol. The Hall–Kier alpha value is -2.05. The lowest BCUT2D eigenvalue weighted by Crippen LogP contribution is -2.44. The smallest absolute Gasteiger partial charge is 0.369 e. The highest BCUT2D eigenvalue weighted by Gasteiger charge is 2.36. The van der Waals surface area contributed by atoms with Crippen molar-refractivity contribution in [1.82, 2.24) is 5.32 Å². The summed E-state index contributed by atoms with van der Waals surface area (Å²) in [5.41, 5.74) is 5.03. The summed E-state index contributed by atoms with van der Waals surface area (Å²) >= 11 is 0. The van der Waals surface area contributed by atoms with Gasteiger partial charge in [-0.1, -0.05) is 30.3 Å². The van der Waals surface area contributed by atoms with E-state index in [1.165, 1.54) is 24.3 Å². The minimum absolute atomic E-state index is 0.113. The largest absolute Gasteiger partial charge is 0.484 e. The molecule has 3 N–H and O–H groups in total. The molecule has 0 fully saturated rings. The standard InChI is InChI=1S/C10H9F3N2O2/c11-10(12,13)15-9(17)7(8(14)16)6-4-2-1-3-5-6/h1-5,7H,(H2,14,16)(H,15,17).